The average Bonchev–Trinajstić information content (AvgIpc) is 3.29. The number of aromatic nitrogens is 1. The van der Waals surface area contributed by atoms with Crippen LogP contribution in [0.3, 0.4) is 0 Å². The van der Waals surface area contributed by atoms with Crippen LogP contribution in [0.15, 0.2) is 87.1 Å². The molecule has 0 saturated heterocycles. The predicted octanol–water partition coefficient (Wildman–Crippen LogP) is 5.26. The molecule has 9 heteroatoms. The van der Waals surface area contributed by atoms with E-state index in [2.05, 4.69) is 10.3 Å². The summed E-state index contributed by atoms with van der Waals surface area (Å²) in [6.07, 6.45) is 0. The molecule has 1 atom stereocenters. The van der Waals surface area contributed by atoms with E-state index in [4.69, 9.17) is 13.9 Å². The summed E-state index contributed by atoms with van der Waals surface area (Å²) in [6, 6.07) is 19.1. The quantitative estimate of drug-likeness (QED) is 0.403. The van der Waals surface area contributed by atoms with Gasteiger partial charge in [0, 0.05) is 11.6 Å². The molecule has 3 aromatic carbocycles. The minimum Gasteiger partial charge on any atom is -0.486 e. The maximum Gasteiger partial charge on any atom is 0.234 e. The first-order chi connectivity index (χ1) is 16.4. The zero-order valence-corrected chi connectivity index (χ0v) is 19.0. The van der Waals surface area contributed by atoms with Gasteiger partial charge in [0.15, 0.2) is 11.5 Å². The molecule has 0 spiro atoms. The Kier molecular flexibility index (Phi) is 5.70. The first-order valence-electron chi connectivity index (χ1n) is 10.6. The molecule has 34 heavy (non-hydrogen) atoms. The molecule has 174 valence electrons. The highest BCUT2D eigenvalue weighted by Gasteiger charge is 2.31. The molecule has 5 rings (SSSR count). The van der Waals surface area contributed by atoms with Crippen LogP contribution in [0.2, 0.25) is 0 Å². The summed E-state index contributed by atoms with van der Waals surface area (Å²) in [5, 5.41) is 2.86. The number of sulfone groups is 1. The van der Waals surface area contributed by atoms with E-state index in [1.807, 2.05) is 37.3 Å². The molecule has 0 bridgehead atoms. The molecular weight excluding hydrogens is 459 g/mol. The van der Waals surface area contributed by atoms with Gasteiger partial charge >= 0.3 is 0 Å². The highest BCUT2D eigenvalue weighted by Crippen LogP contribution is 2.38. The molecule has 0 radical (unpaired) electrons. The van der Waals surface area contributed by atoms with Gasteiger partial charge in [-0.25, -0.2) is 12.8 Å². The van der Waals surface area contributed by atoms with Crippen molar-refractivity contribution < 1.29 is 26.7 Å². The minimum absolute atomic E-state index is 0.00822. The highest BCUT2D eigenvalue weighted by atomic mass is 32.2. The summed E-state index contributed by atoms with van der Waals surface area (Å²) in [6.45, 7) is 2.61. The van der Waals surface area contributed by atoms with Crippen molar-refractivity contribution in [3.05, 3.63) is 84.2 Å². The van der Waals surface area contributed by atoms with Crippen molar-refractivity contribution in [1.82, 2.24) is 4.98 Å². The first-order valence-corrected chi connectivity index (χ1v) is 12.1. The Morgan fingerprint density at radius 3 is 2.38 bits per heavy atom. The molecule has 1 aromatic heterocycles. The zero-order chi connectivity index (χ0) is 23.7. The summed E-state index contributed by atoms with van der Waals surface area (Å²) in [5.41, 5.74) is 1.38. The normalized spacial score (nSPS) is 13.9. The summed E-state index contributed by atoms with van der Waals surface area (Å²) >= 11 is 0. The number of anilines is 1. The number of oxazole rings is 1. The van der Waals surface area contributed by atoms with Gasteiger partial charge in [-0.3, -0.25) is 0 Å². The fraction of sp³-hybridized carbons (Fsp3) is 0.160. The van der Waals surface area contributed by atoms with Crippen LogP contribution >= 0.6 is 0 Å². The third-order valence-electron chi connectivity index (χ3n) is 5.41. The lowest BCUT2D eigenvalue weighted by atomic mass is 10.1. The summed E-state index contributed by atoms with van der Waals surface area (Å²) in [5.74, 6) is 0.454. The van der Waals surface area contributed by atoms with Crippen molar-refractivity contribution in [2.24, 2.45) is 0 Å². The molecule has 0 aliphatic carbocycles. The number of benzene rings is 3. The Balaban J connectivity index is 1.58. The Morgan fingerprint density at radius 1 is 0.941 bits per heavy atom. The van der Waals surface area contributed by atoms with Gasteiger partial charge in [0.2, 0.25) is 26.6 Å². The second kappa shape index (κ2) is 8.83. The second-order valence-electron chi connectivity index (χ2n) is 7.75. The van der Waals surface area contributed by atoms with Crippen molar-refractivity contribution in [3.63, 3.8) is 0 Å². The predicted molar refractivity (Wildman–Crippen MR) is 123 cm³/mol. The van der Waals surface area contributed by atoms with E-state index < -0.39 is 15.7 Å². The van der Waals surface area contributed by atoms with Crippen LogP contribution < -0.4 is 14.8 Å². The molecule has 7 nitrogen and oxygen atoms in total. The van der Waals surface area contributed by atoms with Crippen molar-refractivity contribution in [1.29, 1.82) is 0 Å². The molecule has 1 aliphatic rings. The van der Waals surface area contributed by atoms with Crippen LogP contribution in [0, 0.1) is 5.82 Å². The van der Waals surface area contributed by atoms with Gasteiger partial charge in [-0.15, -0.1) is 0 Å². The average molecular weight is 481 g/mol. The minimum atomic E-state index is -4.10. The fourth-order valence-electron chi connectivity index (χ4n) is 3.62. The van der Waals surface area contributed by atoms with Crippen LogP contribution in [0.4, 0.5) is 10.3 Å². The van der Waals surface area contributed by atoms with Gasteiger partial charge < -0.3 is 19.2 Å². The Labute approximate surface area is 196 Å². The van der Waals surface area contributed by atoms with Gasteiger partial charge in [0.25, 0.3) is 0 Å². The van der Waals surface area contributed by atoms with Gasteiger partial charge in [0.1, 0.15) is 19.0 Å². The van der Waals surface area contributed by atoms with E-state index >= 15 is 0 Å². The van der Waals surface area contributed by atoms with E-state index in [1.54, 1.807) is 6.07 Å². The van der Waals surface area contributed by atoms with Gasteiger partial charge in [-0.1, -0.05) is 30.3 Å². The zero-order valence-electron chi connectivity index (χ0n) is 18.2. The van der Waals surface area contributed by atoms with Crippen molar-refractivity contribution >= 4 is 15.7 Å². The molecule has 1 aliphatic heterocycles. The lowest BCUT2D eigenvalue weighted by molar-refractivity contribution is 0.171. The maximum absolute atomic E-state index is 13.6. The standard InChI is InChI=1S/C25H21FN2O5S/c1-16(17-5-3-2-4-6-17)27-24-25(28-23(33-24)18-7-9-19(26)10-8-18)34(29,30)20-11-12-21-22(15-20)32-14-13-31-21/h2-12,15-16,27H,13-14H2,1H3. The first kappa shape index (κ1) is 22.0. The molecule has 4 aromatic rings. The van der Waals surface area contributed by atoms with Crippen LogP contribution in [0.5, 0.6) is 11.5 Å². The fourth-order valence-corrected chi connectivity index (χ4v) is 4.90. The number of nitrogens with zero attached hydrogens (tertiary/aromatic N) is 1. The number of hydrogen-bond acceptors (Lipinski definition) is 7. The lowest BCUT2D eigenvalue weighted by Gasteiger charge is -2.19. The van der Waals surface area contributed by atoms with Crippen LogP contribution in [0.1, 0.15) is 18.5 Å². The molecule has 1 unspecified atom stereocenters. The molecule has 1 N–H and O–H groups in total. The van der Waals surface area contributed by atoms with E-state index in [-0.39, 0.29) is 27.7 Å². The third-order valence-corrected chi connectivity index (χ3v) is 7.07. The summed E-state index contributed by atoms with van der Waals surface area (Å²) in [7, 11) is -4.10. The topological polar surface area (TPSA) is 90.7 Å². The van der Waals surface area contributed by atoms with Gasteiger partial charge in [-0.05, 0) is 48.9 Å². The molecular formula is C25H21FN2O5S. The number of halogens is 1. The van der Waals surface area contributed by atoms with E-state index in [9.17, 15) is 12.8 Å². The molecule has 0 saturated carbocycles. The monoisotopic (exact) mass is 480 g/mol. The third kappa shape index (κ3) is 4.22. The molecule has 0 amide bonds. The summed E-state index contributed by atoms with van der Waals surface area (Å²) < 4.78 is 57.6. The number of nitrogens with one attached hydrogen (secondary N) is 1. The molecule has 0 fully saturated rings. The van der Waals surface area contributed by atoms with E-state index in [0.29, 0.717) is 30.3 Å². The SMILES string of the molecule is CC(Nc1oc(-c2ccc(F)cc2)nc1S(=O)(=O)c1ccc2c(c1)OCCO2)c1ccccc1. The lowest BCUT2D eigenvalue weighted by Crippen LogP contribution is -2.16. The maximum atomic E-state index is 13.6. The van der Waals surface area contributed by atoms with Crippen LogP contribution in [0.25, 0.3) is 11.5 Å². The Morgan fingerprint density at radius 2 is 1.65 bits per heavy atom. The summed E-state index contributed by atoms with van der Waals surface area (Å²) in [4.78, 5) is 4.30. The Bertz CT molecular complexity index is 1420. The van der Waals surface area contributed by atoms with E-state index in [0.717, 1.165) is 5.56 Å². The van der Waals surface area contributed by atoms with Gasteiger partial charge in [0.05, 0.1) is 10.9 Å². The second-order valence-corrected chi connectivity index (χ2v) is 9.61. The largest absolute Gasteiger partial charge is 0.486 e. The van der Waals surface area contributed by atoms with Crippen LogP contribution in [-0.2, 0) is 9.84 Å². The highest BCUT2D eigenvalue weighted by molar-refractivity contribution is 7.91. The number of hydrogen-bond donors (Lipinski definition) is 1. The smallest absolute Gasteiger partial charge is 0.234 e. The van der Waals surface area contributed by atoms with Crippen molar-refractivity contribution in [2.45, 2.75) is 22.9 Å². The van der Waals surface area contributed by atoms with Crippen molar-refractivity contribution in [3.8, 4) is 23.0 Å². The number of fused-ring (bicyclic) bond motifs is 1. The van der Waals surface area contributed by atoms with Crippen LogP contribution in [-0.4, -0.2) is 26.6 Å². The number of rotatable bonds is 6. The number of ether oxygens (including phenoxy) is 2. The Hall–Kier alpha value is -3.85. The van der Waals surface area contributed by atoms with Gasteiger partial charge in [-0.2, -0.15) is 4.98 Å². The molecule has 2 heterocycles. The van der Waals surface area contributed by atoms with E-state index in [1.165, 1.54) is 36.4 Å². The van der Waals surface area contributed by atoms with Crippen molar-refractivity contribution in [2.75, 3.05) is 18.5 Å².